The van der Waals surface area contributed by atoms with Gasteiger partial charge in [0.15, 0.2) is 0 Å². The molecule has 0 saturated carbocycles. The Labute approximate surface area is 119 Å². The van der Waals surface area contributed by atoms with Crippen LogP contribution in [0.1, 0.15) is 18.4 Å². The van der Waals surface area contributed by atoms with E-state index in [1.807, 2.05) is 0 Å². The van der Waals surface area contributed by atoms with Crippen molar-refractivity contribution in [1.82, 2.24) is 0 Å². The number of halogens is 2. The van der Waals surface area contributed by atoms with Gasteiger partial charge in [0.2, 0.25) is 0 Å². The van der Waals surface area contributed by atoms with Gasteiger partial charge in [-0.2, -0.15) is 0 Å². The van der Waals surface area contributed by atoms with Crippen molar-refractivity contribution in [1.29, 1.82) is 0 Å². The van der Waals surface area contributed by atoms with Gasteiger partial charge in [-0.3, -0.25) is 4.79 Å². The molecule has 0 bridgehead atoms. The first-order chi connectivity index (χ1) is 9.99. The van der Waals surface area contributed by atoms with Crippen LogP contribution in [0.4, 0.5) is 8.78 Å². The van der Waals surface area contributed by atoms with Crippen LogP contribution in [0.25, 0.3) is 21.5 Å². The average Bonchev–Trinajstić information content (AvgIpc) is 2.45. The fourth-order valence-electron chi connectivity index (χ4n) is 2.66. The lowest BCUT2D eigenvalue weighted by atomic mass is 9.92. The molecule has 4 heteroatoms. The van der Waals surface area contributed by atoms with Crippen molar-refractivity contribution in [2.75, 3.05) is 0 Å². The Morgan fingerprint density at radius 3 is 2.43 bits per heavy atom. The van der Waals surface area contributed by atoms with Crippen molar-refractivity contribution in [2.24, 2.45) is 0 Å². The van der Waals surface area contributed by atoms with Crippen molar-refractivity contribution >= 4 is 27.5 Å². The lowest BCUT2D eigenvalue weighted by Gasteiger charge is -2.12. The molecule has 0 aliphatic heterocycles. The molecule has 0 radical (unpaired) electrons. The van der Waals surface area contributed by atoms with E-state index in [1.54, 1.807) is 37.3 Å². The van der Waals surface area contributed by atoms with Crippen molar-refractivity contribution in [3.8, 4) is 0 Å². The number of hydrogen-bond acceptors (Lipinski definition) is 1. The summed E-state index contributed by atoms with van der Waals surface area (Å²) in [5.74, 6) is -2.90. The number of rotatable bonds is 2. The molecule has 0 aliphatic rings. The topological polar surface area (TPSA) is 37.3 Å². The minimum atomic E-state index is -0.937. The van der Waals surface area contributed by atoms with Crippen LogP contribution in [0.3, 0.4) is 0 Å². The third kappa shape index (κ3) is 2.13. The number of carboxylic acids is 1. The molecule has 3 aromatic carbocycles. The summed E-state index contributed by atoms with van der Waals surface area (Å²) >= 11 is 0. The molecule has 3 aromatic rings. The molecule has 0 heterocycles. The minimum Gasteiger partial charge on any atom is -0.481 e. The Hall–Kier alpha value is -2.49. The van der Waals surface area contributed by atoms with E-state index in [4.69, 9.17) is 0 Å². The van der Waals surface area contributed by atoms with Crippen LogP contribution in [0, 0.1) is 11.6 Å². The molecule has 106 valence electrons. The SMILES string of the molecule is CC(C(=O)O)c1cccc2c1ccc1c(F)cc(F)cc12. The van der Waals surface area contributed by atoms with Gasteiger partial charge in [-0.15, -0.1) is 0 Å². The number of carbonyl (C=O) groups is 1. The van der Waals surface area contributed by atoms with E-state index >= 15 is 0 Å². The number of carboxylic acid groups (broad SMARTS) is 1. The summed E-state index contributed by atoms with van der Waals surface area (Å²) < 4.78 is 27.3. The summed E-state index contributed by atoms with van der Waals surface area (Å²) in [6.07, 6.45) is 0. The van der Waals surface area contributed by atoms with E-state index in [2.05, 4.69) is 0 Å². The molecule has 0 fully saturated rings. The molecule has 1 atom stereocenters. The van der Waals surface area contributed by atoms with Crippen molar-refractivity contribution in [3.63, 3.8) is 0 Å². The lowest BCUT2D eigenvalue weighted by molar-refractivity contribution is -0.138. The average molecular weight is 286 g/mol. The standard InChI is InChI=1S/C17H12F2O2/c1-9(17(20)21)11-3-2-4-12-13(11)5-6-14-15(12)7-10(18)8-16(14)19/h2-9H,1H3,(H,20,21). The molecule has 1 unspecified atom stereocenters. The van der Waals surface area contributed by atoms with Gasteiger partial charge in [-0.1, -0.05) is 30.3 Å². The second-order valence-electron chi connectivity index (χ2n) is 5.05. The molecule has 3 rings (SSSR count). The second kappa shape index (κ2) is 4.81. The molecular weight excluding hydrogens is 274 g/mol. The largest absolute Gasteiger partial charge is 0.481 e. The molecule has 0 aromatic heterocycles. The highest BCUT2D eigenvalue weighted by atomic mass is 19.1. The normalized spacial score (nSPS) is 12.7. The first kappa shape index (κ1) is 13.5. The fraction of sp³-hybridized carbons (Fsp3) is 0.118. The quantitative estimate of drug-likeness (QED) is 0.706. The summed E-state index contributed by atoms with van der Waals surface area (Å²) in [4.78, 5) is 11.2. The Morgan fingerprint density at radius 2 is 1.71 bits per heavy atom. The van der Waals surface area contributed by atoms with Crippen molar-refractivity contribution < 1.29 is 18.7 Å². The first-order valence-corrected chi connectivity index (χ1v) is 6.52. The number of benzene rings is 3. The van der Waals surface area contributed by atoms with Crippen LogP contribution in [-0.2, 0) is 4.79 Å². The van der Waals surface area contributed by atoms with Crippen molar-refractivity contribution in [3.05, 3.63) is 59.7 Å². The van der Waals surface area contributed by atoms with Gasteiger partial charge >= 0.3 is 5.97 Å². The number of aliphatic carboxylic acids is 1. The summed E-state index contributed by atoms with van der Waals surface area (Å²) in [5, 5.41) is 11.3. The van der Waals surface area contributed by atoms with E-state index in [1.165, 1.54) is 6.07 Å². The molecule has 0 amide bonds. The summed E-state index contributed by atoms with van der Waals surface area (Å²) in [6, 6.07) is 10.5. The zero-order valence-corrected chi connectivity index (χ0v) is 11.2. The maximum absolute atomic E-state index is 13.8. The highest BCUT2D eigenvalue weighted by Crippen LogP contribution is 2.32. The van der Waals surface area contributed by atoms with Gasteiger partial charge in [-0.05, 0) is 34.7 Å². The Balaban J connectivity index is 2.42. The van der Waals surface area contributed by atoms with Gasteiger partial charge < -0.3 is 5.11 Å². The monoisotopic (exact) mass is 286 g/mol. The number of fused-ring (bicyclic) bond motifs is 3. The maximum Gasteiger partial charge on any atom is 0.310 e. The van der Waals surface area contributed by atoms with Crippen LogP contribution in [0.2, 0.25) is 0 Å². The molecule has 0 spiro atoms. The second-order valence-corrected chi connectivity index (χ2v) is 5.05. The predicted octanol–water partition coefficient (Wildman–Crippen LogP) is 4.46. The molecule has 0 saturated heterocycles. The summed E-state index contributed by atoms with van der Waals surface area (Å²) in [5.41, 5.74) is 0.631. The summed E-state index contributed by atoms with van der Waals surface area (Å²) in [7, 11) is 0. The van der Waals surface area contributed by atoms with Gasteiger partial charge in [0.1, 0.15) is 11.6 Å². The third-order valence-corrected chi connectivity index (χ3v) is 3.78. The van der Waals surface area contributed by atoms with Crippen LogP contribution < -0.4 is 0 Å². The maximum atomic E-state index is 13.8. The molecule has 2 nitrogen and oxygen atoms in total. The highest BCUT2D eigenvalue weighted by molar-refractivity contribution is 6.09. The fourth-order valence-corrected chi connectivity index (χ4v) is 2.66. The van der Waals surface area contributed by atoms with E-state index in [-0.39, 0.29) is 0 Å². The smallest absolute Gasteiger partial charge is 0.310 e. The van der Waals surface area contributed by atoms with Crippen molar-refractivity contribution in [2.45, 2.75) is 12.8 Å². The molecular formula is C17H12F2O2. The van der Waals surface area contributed by atoms with Crippen LogP contribution >= 0.6 is 0 Å². The molecule has 21 heavy (non-hydrogen) atoms. The Kier molecular flexibility index (Phi) is 3.09. The zero-order chi connectivity index (χ0) is 15.1. The minimum absolute atomic E-state index is 0.323. The van der Waals surface area contributed by atoms with Gasteiger partial charge in [-0.25, -0.2) is 8.78 Å². The third-order valence-electron chi connectivity index (χ3n) is 3.78. The lowest BCUT2D eigenvalue weighted by Crippen LogP contribution is -2.07. The van der Waals surface area contributed by atoms with E-state index in [0.717, 1.165) is 6.07 Å². The summed E-state index contributed by atoms with van der Waals surface area (Å²) in [6.45, 7) is 1.59. The van der Waals surface area contributed by atoms with Crippen LogP contribution in [0.5, 0.6) is 0 Å². The van der Waals surface area contributed by atoms with Gasteiger partial charge in [0, 0.05) is 11.5 Å². The molecule has 0 aliphatic carbocycles. The molecule has 1 N–H and O–H groups in total. The van der Waals surface area contributed by atoms with Crippen LogP contribution in [0.15, 0.2) is 42.5 Å². The van der Waals surface area contributed by atoms with Gasteiger partial charge in [0.05, 0.1) is 5.92 Å². The zero-order valence-electron chi connectivity index (χ0n) is 11.2. The Bertz CT molecular complexity index is 871. The van der Waals surface area contributed by atoms with E-state index in [0.29, 0.717) is 27.1 Å². The predicted molar refractivity (Wildman–Crippen MR) is 77.4 cm³/mol. The van der Waals surface area contributed by atoms with Crippen LogP contribution in [-0.4, -0.2) is 11.1 Å². The highest BCUT2D eigenvalue weighted by Gasteiger charge is 2.17. The number of hydrogen-bond donors (Lipinski definition) is 1. The Morgan fingerprint density at radius 1 is 1.00 bits per heavy atom. The van der Waals surface area contributed by atoms with E-state index in [9.17, 15) is 18.7 Å². The van der Waals surface area contributed by atoms with E-state index < -0.39 is 23.5 Å². The van der Waals surface area contributed by atoms with Gasteiger partial charge in [0.25, 0.3) is 0 Å². The first-order valence-electron chi connectivity index (χ1n) is 6.52.